The number of pyridine rings is 1. The van der Waals surface area contributed by atoms with E-state index in [2.05, 4.69) is 30.2 Å². The predicted octanol–water partition coefficient (Wildman–Crippen LogP) is 2.43. The van der Waals surface area contributed by atoms with Gasteiger partial charge in [0.05, 0.1) is 24.4 Å². The molecule has 1 aromatic carbocycles. The molecule has 3 heterocycles. The number of aromatic nitrogens is 5. The molecule has 4 rings (SSSR count). The average Bonchev–Trinajstić information content (AvgIpc) is 3.20. The monoisotopic (exact) mass is 439 g/mol. The molecule has 10 nitrogen and oxygen atoms in total. The lowest BCUT2D eigenvalue weighted by Crippen LogP contribution is -2.27. The van der Waals surface area contributed by atoms with Crippen molar-refractivity contribution in [2.24, 2.45) is 0 Å². The molecule has 3 aromatic heterocycles. The van der Waals surface area contributed by atoms with E-state index in [1.807, 2.05) is 24.3 Å². The van der Waals surface area contributed by atoms with Gasteiger partial charge in [-0.25, -0.2) is 28.4 Å². The second kappa shape index (κ2) is 8.19. The van der Waals surface area contributed by atoms with E-state index in [-0.39, 0.29) is 0 Å². The Hall–Kier alpha value is -3.73. The van der Waals surface area contributed by atoms with Crippen molar-refractivity contribution in [1.29, 1.82) is 0 Å². The van der Waals surface area contributed by atoms with Gasteiger partial charge in [0.1, 0.15) is 17.4 Å². The Morgan fingerprint density at radius 1 is 1.13 bits per heavy atom. The summed E-state index contributed by atoms with van der Waals surface area (Å²) in [5.74, 6) is 2.62. The lowest BCUT2D eigenvalue weighted by Gasteiger charge is -2.19. The molecule has 0 fully saturated rings. The van der Waals surface area contributed by atoms with Crippen LogP contribution >= 0.6 is 0 Å². The number of rotatable bonds is 7. The number of nitrogens with zero attached hydrogens (tertiary/aromatic N) is 5. The summed E-state index contributed by atoms with van der Waals surface area (Å²) in [5, 5.41) is 3.20. The number of nitrogens with one attached hydrogen (secondary N) is 2. The van der Waals surface area contributed by atoms with E-state index in [4.69, 9.17) is 4.74 Å². The summed E-state index contributed by atoms with van der Waals surface area (Å²) in [6.45, 7) is 0.330. The van der Waals surface area contributed by atoms with Crippen LogP contribution in [0.3, 0.4) is 0 Å². The summed E-state index contributed by atoms with van der Waals surface area (Å²) in [6.07, 6.45) is 4.32. The van der Waals surface area contributed by atoms with Crippen LogP contribution in [0.2, 0.25) is 0 Å². The highest BCUT2D eigenvalue weighted by Crippen LogP contribution is 2.23. The van der Waals surface area contributed by atoms with Crippen molar-refractivity contribution in [3.05, 3.63) is 54.4 Å². The molecule has 160 valence electrons. The first-order chi connectivity index (χ1) is 14.8. The summed E-state index contributed by atoms with van der Waals surface area (Å²) in [6, 6.07) is 10.8. The number of sulfonamides is 1. The zero-order valence-electron chi connectivity index (χ0n) is 17.2. The number of ether oxygens (including phenoxy) is 1. The third-order valence-electron chi connectivity index (χ3n) is 4.68. The molecule has 31 heavy (non-hydrogen) atoms. The molecule has 0 aliphatic rings. The first-order valence-electron chi connectivity index (χ1n) is 9.34. The maximum Gasteiger partial charge on any atom is 0.233 e. The van der Waals surface area contributed by atoms with E-state index in [0.29, 0.717) is 35.4 Å². The van der Waals surface area contributed by atoms with Gasteiger partial charge in [-0.05, 0) is 24.3 Å². The number of methoxy groups -OCH3 is 1. The number of fused-ring (bicyclic) bond motifs is 1. The number of anilines is 2. The van der Waals surface area contributed by atoms with Crippen LogP contribution in [-0.2, 0) is 16.6 Å². The summed E-state index contributed by atoms with van der Waals surface area (Å²) in [7, 11) is -0.344. The topological polar surface area (TPSA) is 126 Å². The third-order valence-corrected chi connectivity index (χ3v) is 5.85. The Morgan fingerprint density at radius 2 is 1.97 bits per heavy atom. The van der Waals surface area contributed by atoms with Crippen LogP contribution in [-0.4, -0.2) is 53.8 Å². The highest BCUT2D eigenvalue weighted by molar-refractivity contribution is 7.92. The highest BCUT2D eigenvalue weighted by Gasteiger charge is 2.17. The van der Waals surface area contributed by atoms with E-state index in [1.165, 1.54) is 7.05 Å². The van der Waals surface area contributed by atoms with Crippen molar-refractivity contribution in [2.45, 2.75) is 6.54 Å². The largest absolute Gasteiger partial charge is 0.497 e. The Balaban J connectivity index is 1.57. The molecule has 0 aliphatic carbocycles. The first kappa shape index (κ1) is 20.5. The van der Waals surface area contributed by atoms with Crippen molar-refractivity contribution >= 4 is 32.7 Å². The molecule has 0 radical (unpaired) electrons. The van der Waals surface area contributed by atoms with Crippen molar-refractivity contribution in [3.8, 4) is 17.4 Å². The molecular formula is C20H21N7O3S. The zero-order valence-corrected chi connectivity index (χ0v) is 18.0. The molecule has 0 atom stereocenters. The Labute approximate surface area is 179 Å². The zero-order chi connectivity index (χ0) is 22.0. The fourth-order valence-electron chi connectivity index (χ4n) is 2.99. The Kier molecular flexibility index (Phi) is 5.42. The van der Waals surface area contributed by atoms with E-state index < -0.39 is 10.0 Å². The predicted molar refractivity (Wildman–Crippen MR) is 118 cm³/mol. The molecule has 11 heteroatoms. The van der Waals surface area contributed by atoms with Gasteiger partial charge in [0, 0.05) is 37.6 Å². The summed E-state index contributed by atoms with van der Waals surface area (Å²) in [5.41, 5.74) is 2.31. The molecule has 0 aliphatic heterocycles. The molecule has 0 unspecified atom stereocenters. The maximum atomic E-state index is 11.9. The van der Waals surface area contributed by atoms with E-state index in [1.54, 1.807) is 31.6 Å². The number of aromatic amines is 1. The van der Waals surface area contributed by atoms with E-state index in [0.717, 1.165) is 27.3 Å². The van der Waals surface area contributed by atoms with Crippen molar-refractivity contribution in [2.75, 3.05) is 30.0 Å². The number of benzene rings is 1. The fraction of sp³-hybridized carbons (Fsp3) is 0.200. The number of hydrogen-bond acceptors (Lipinski definition) is 8. The smallest absolute Gasteiger partial charge is 0.233 e. The number of H-pyrrole nitrogens is 1. The normalized spacial score (nSPS) is 11.5. The molecular weight excluding hydrogens is 418 g/mol. The SMILES string of the molecule is COc1ccc2nc(-c3nccc(NCc4cccnc4N(C)S(C)(=O)=O)n3)[nH]c2c1. The molecule has 0 spiro atoms. The van der Waals surface area contributed by atoms with Crippen molar-refractivity contribution < 1.29 is 13.2 Å². The van der Waals surface area contributed by atoms with Gasteiger partial charge < -0.3 is 15.0 Å². The van der Waals surface area contributed by atoms with Gasteiger partial charge in [-0.15, -0.1) is 0 Å². The second-order valence-corrected chi connectivity index (χ2v) is 8.82. The minimum absolute atomic E-state index is 0.330. The van der Waals surface area contributed by atoms with Gasteiger partial charge in [-0.3, -0.25) is 4.31 Å². The Bertz CT molecular complexity index is 1340. The van der Waals surface area contributed by atoms with Crippen LogP contribution in [0, 0.1) is 0 Å². The molecule has 2 N–H and O–H groups in total. The molecule has 0 bridgehead atoms. The van der Waals surface area contributed by atoms with Gasteiger partial charge in [0.2, 0.25) is 10.0 Å². The minimum atomic E-state index is -3.43. The van der Waals surface area contributed by atoms with E-state index in [9.17, 15) is 8.42 Å². The maximum absolute atomic E-state index is 11.9. The van der Waals surface area contributed by atoms with Gasteiger partial charge in [-0.2, -0.15) is 0 Å². The minimum Gasteiger partial charge on any atom is -0.497 e. The van der Waals surface area contributed by atoms with E-state index >= 15 is 0 Å². The lowest BCUT2D eigenvalue weighted by atomic mass is 10.2. The van der Waals surface area contributed by atoms with Crippen LogP contribution in [0.15, 0.2) is 48.8 Å². The van der Waals surface area contributed by atoms with Gasteiger partial charge in [0.25, 0.3) is 0 Å². The average molecular weight is 440 g/mol. The molecule has 0 saturated carbocycles. The van der Waals surface area contributed by atoms with Gasteiger partial charge >= 0.3 is 0 Å². The summed E-state index contributed by atoms with van der Waals surface area (Å²) >= 11 is 0. The van der Waals surface area contributed by atoms with Crippen LogP contribution in [0.4, 0.5) is 11.6 Å². The van der Waals surface area contributed by atoms with Gasteiger partial charge in [0.15, 0.2) is 11.6 Å². The van der Waals surface area contributed by atoms with Crippen LogP contribution in [0.5, 0.6) is 5.75 Å². The molecule has 4 aromatic rings. The second-order valence-electron chi connectivity index (χ2n) is 6.80. The number of hydrogen-bond donors (Lipinski definition) is 2. The summed E-state index contributed by atoms with van der Waals surface area (Å²) in [4.78, 5) is 20.8. The summed E-state index contributed by atoms with van der Waals surface area (Å²) < 4.78 is 30.2. The molecule has 0 amide bonds. The van der Waals surface area contributed by atoms with Crippen LogP contribution < -0.4 is 14.4 Å². The van der Waals surface area contributed by atoms with Crippen LogP contribution in [0.25, 0.3) is 22.7 Å². The standard InChI is InChI=1S/C20H21N7O3S/c1-27(31(3,28)29)20-13(5-4-9-22-20)12-23-17-8-10-21-18(26-17)19-24-15-7-6-14(30-2)11-16(15)25-19/h4-11H,12H2,1-3H3,(H,24,25)(H,21,23,26). The third kappa shape index (κ3) is 4.40. The molecule has 0 saturated heterocycles. The number of imidazole rings is 1. The van der Waals surface area contributed by atoms with Crippen molar-refractivity contribution in [3.63, 3.8) is 0 Å². The lowest BCUT2D eigenvalue weighted by molar-refractivity contribution is 0.415. The fourth-order valence-corrected chi connectivity index (χ4v) is 3.47. The Morgan fingerprint density at radius 3 is 2.74 bits per heavy atom. The van der Waals surface area contributed by atoms with Crippen LogP contribution in [0.1, 0.15) is 5.56 Å². The first-order valence-corrected chi connectivity index (χ1v) is 11.2. The van der Waals surface area contributed by atoms with Crippen molar-refractivity contribution in [1.82, 2.24) is 24.9 Å². The highest BCUT2D eigenvalue weighted by atomic mass is 32.2. The van der Waals surface area contributed by atoms with Gasteiger partial charge in [-0.1, -0.05) is 6.07 Å². The quantitative estimate of drug-likeness (QED) is 0.450.